The number of aryl methyl sites for hydroxylation is 1. The molecule has 1 aliphatic heterocycles. The Labute approximate surface area is 138 Å². The van der Waals surface area contributed by atoms with Crippen LogP contribution < -0.4 is 10.6 Å². The first kappa shape index (κ1) is 17.3. The lowest BCUT2D eigenvalue weighted by atomic mass is 9.85. The number of amides is 1. The Balaban J connectivity index is 0.00000176. The molecular formula is C16H27ClN4O. The van der Waals surface area contributed by atoms with Gasteiger partial charge in [0.1, 0.15) is 0 Å². The molecule has 3 rings (SSSR count). The molecule has 22 heavy (non-hydrogen) atoms. The number of nitrogens with zero attached hydrogens (tertiary/aromatic N) is 2. The number of halogens is 1. The van der Waals surface area contributed by atoms with Gasteiger partial charge in [-0.05, 0) is 32.2 Å². The Morgan fingerprint density at radius 1 is 1.27 bits per heavy atom. The predicted molar refractivity (Wildman–Crippen MR) is 89.6 cm³/mol. The number of hydrogen-bond donors (Lipinski definition) is 2. The molecule has 1 aromatic rings. The molecule has 2 N–H and O–H groups in total. The van der Waals surface area contributed by atoms with Crippen LogP contribution in [0.3, 0.4) is 0 Å². The van der Waals surface area contributed by atoms with E-state index in [0.717, 1.165) is 37.2 Å². The number of hydrogen-bond acceptors (Lipinski definition) is 3. The molecule has 124 valence electrons. The van der Waals surface area contributed by atoms with Gasteiger partial charge in [0.25, 0.3) is 5.91 Å². The van der Waals surface area contributed by atoms with Crippen molar-refractivity contribution in [2.45, 2.75) is 56.9 Å². The van der Waals surface area contributed by atoms with E-state index in [-0.39, 0.29) is 24.4 Å². The van der Waals surface area contributed by atoms with Crippen molar-refractivity contribution in [1.82, 2.24) is 20.4 Å². The third-order valence-corrected chi connectivity index (χ3v) is 4.73. The largest absolute Gasteiger partial charge is 0.348 e. The van der Waals surface area contributed by atoms with E-state index in [4.69, 9.17) is 0 Å². The van der Waals surface area contributed by atoms with Gasteiger partial charge in [0, 0.05) is 31.7 Å². The predicted octanol–water partition coefficient (Wildman–Crippen LogP) is 2.37. The summed E-state index contributed by atoms with van der Waals surface area (Å²) < 4.78 is 1.79. The minimum atomic E-state index is 0. The number of rotatable bonds is 3. The summed E-state index contributed by atoms with van der Waals surface area (Å²) >= 11 is 0. The van der Waals surface area contributed by atoms with Crippen LogP contribution in [0.25, 0.3) is 0 Å². The van der Waals surface area contributed by atoms with Crippen molar-refractivity contribution < 1.29 is 4.79 Å². The minimum absolute atomic E-state index is 0. The molecule has 1 saturated carbocycles. The van der Waals surface area contributed by atoms with Gasteiger partial charge in [-0.15, -0.1) is 12.4 Å². The molecule has 6 heteroatoms. The van der Waals surface area contributed by atoms with Crippen molar-refractivity contribution >= 4 is 18.3 Å². The molecule has 1 aliphatic carbocycles. The van der Waals surface area contributed by atoms with Gasteiger partial charge in [-0.25, -0.2) is 0 Å². The highest BCUT2D eigenvalue weighted by Gasteiger charge is 2.26. The summed E-state index contributed by atoms with van der Waals surface area (Å²) in [5.74, 6) is 0.516. The SMILES string of the molecule is Cl.Cn1cc(C(=O)N[C@H]2CCCNC2)c(C2CCCCC2)n1. The Bertz CT molecular complexity index is 490. The molecule has 0 bridgehead atoms. The maximum Gasteiger partial charge on any atom is 0.255 e. The van der Waals surface area contributed by atoms with E-state index >= 15 is 0 Å². The summed E-state index contributed by atoms with van der Waals surface area (Å²) in [6, 6.07) is 0.255. The van der Waals surface area contributed by atoms with Crippen LogP contribution in [0.4, 0.5) is 0 Å². The van der Waals surface area contributed by atoms with Crippen LogP contribution in [-0.4, -0.2) is 34.8 Å². The molecule has 1 aromatic heterocycles. The van der Waals surface area contributed by atoms with Gasteiger partial charge >= 0.3 is 0 Å². The van der Waals surface area contributed by atoms with Gasteiger partial charge in [-0.2, -0.15) is 5.10 Å². The lowest BCUT2D eigenvalue weighted by Crippen LogP contribution is -2.45. The van der Waals surface area contributed by atoms with Crippen LogP contribution >= 0.6 is 12.4 Å². The third-order valence-electron chi connectivity index (χ3n) is 4.73. The average Bonchev–Trinajstić information content (AvgIpc) is 2.91. The van der Waals surface area contributed by atoms with Gasteiger partial charge in [0.05, 0.1) is 11.3 Å². The number of aromatic nitrogens is 2. The molecule has 2 fully saturated rings. The van der Waals surface area contributed by atoms with Crippen molar-refractivity contribution in [3.05, 3.63) is 17.5 Å². The van der Waals surface area contributed by atoms with E-state index in [0.29, 0.717) is 5.92 Å². The third kappa shape index (κ3) is 4.02. The average molecular weight is 327 g/mol. The quantitative estimate of drug-likeness (QED) is 0.896. The van der Waals surface area contributed by atoms with Crippen LogP contribution in [0.15, 0.2) is 6.20 Å². The van der Waals surface area contributed by atoms with Crippen LogP contribution in [0.5, 0.6) is 0 Å². The summed E-state index contributed by atoms with van der Waals surface area (Å²) in [6.45, 7) is 1.94. The van der Waals surface area contributed by atoms with Gasteiger partial charge in [-0.1, -0.05) is 19.3 Å². The second-order valence-corrected chi connectivity index (χ2v) is 6.45. The van der Waals surface area contributed by atoms with Gasteiger partial charge in [-0.3, -0.25) is 9.48 Å². The second-order valence-electron chi connectivity index (χ2n) is 6.45. The molecule has 1 atom stereocenters. The van der Waals surface area contributed by atoms with Crippen LogP contribution in [0, 0.1) is 0 Å². The molecule has 5 nitrogen and oxygen atoms in total. The van der Waals surface area contributed by atoms with Crippen molar-refractivity contribution in [2.75, 3.05) is 13.1 Å². The summed E-state index contributed by atoms with van der Waals surface area (Å²) in [6.07, 6.45) is 10.3. The van der Waals surface area contributed by atoms with Crippen molar-refractivity contribution in [3.63, 3.8) is 0 Å². The number of carbonyl (C=O) groups is 1. The number of carbonyl (C=O) groups excluding carboxylic acids is 1. The molecule has 2 aliphatic rings. The zero-order valence-electron chi connectivity index (χ0n) is 13.3. The lowest BCUT2D eigenvalue weighted by Gasteiger charge is -2.24. The second kappa shape index (κ2) is 7.97. The molecule has 0 aromatic carbocycles. The fourth-order valence-electron chi connectivity index (χ4n) is 3.60. The van der Waals surface area contributed by atoms with Gasteiger partial charge in [0.15, 0.2) is 0 Å². The Hall–Kier alpha value is -1.07. The lowest BCUT2D eigenvalue weighted by molar-refractivity contribution is 0.0929. The number of piperidine rings is 1. The van der Waals surface area contributed by atoms with Crippen molar-refractivity contribution in [1.29, 1.82) is 0 Å². The molecule has 0 spiro atoms. The molecule has 1 saturated heterocycles. The molecule has 2 heterocycles. The monoisotopic (exact) mass is 326 g/mol. The first-order chi connectivity index (χ1) is 10.2. The zero-order chi connectivity index (χ0) is 14.7. The van der Waals surface area contributed by atoms with E-state index in [2.05, 4.69) is 15.7 Å². The topological polar surface area (TPSA) is 59.0 Å². The van der Waals surface area contributed by atoms with E-state index in [1.165, 1.54) is 32.1 Å². The number of nitrogens with one attached hydrogen (secondary N) is 2. The zero-order valence-corrected chi connectivity index (χ0v) is 14.1. The summed E-state index contributed by atoms with van der Waals surface area (Å²) in [5.41, 5.74) is 1.80. The summed E-state index contributed by atoms with van der Waals surface area (Å²) in [4.78, 5) is 12.6. The van der Waals surface area contributed by atoms with Crippen molar-refractivity contribution in [3.8, 4) is 0 Å². The highest BCUT2D eigenvalue weighted by atomic mass is 35.5. The van der Waals surface area contributed by atoms with Gasteiger partial charge in [0.2, 0.25) is 0 Å². The van der Waals surface area contributed by atoms with Crippen LogP contribution in [0.1, 0.15) is 66.9 Å². The van der Waals surface area contributed by atoms with E-state index < -0.39 is 0 Å². The Kier molecular flexibility index (Phi) is 6.26. The van der Waals surface area contributed by atoms with Crippen molar-refractivity contribution in [2.24, 2.45) is 7.05 Å². The summed E-state index contributed by atoms with van der Waals surface area (Å²) in [7, 11) is 1.91. The van der Waals surface area contributed by atoms with Crippen LogP contribution in [-0.2, 0) is 7.05 Å². The van der Waals surface area contributed by atoms with Gasteiger partial charge < -0.3 is 10.6 Å². The fourth-order valence-corrected chi connectivity index (χ4v) is 3.60. The van der Waals surface area contributed by atoms with Crippen LogP contribution in [0.2, 0.25) is 0 Å². The smallest absolute Gasteiger partial charge is 0.255 e. The molecule has 1 amide bonds. The molecule has 0 unspecified atom stereocenters. The maximum absolute atomic E-state index is 12.6. The maximum atomic E-state index is 12.6. The molecule has 0 radical (unpaired) electrons. The molecular weight excluding hydrogens is 300 g/mol. The first-order valence-electron chi connectivity index (χ1n) is 8.29. The first-order valence-corrected chi connectivity index (χ1v) is 8.29. The fraction of sp³-hybridized carbons (Fsp3) is 0.750. The Morgan fingerprint density at radius 3 is 2.73 bits per heavy atom. The Morgan fingerprint density at radius 2 is 2.05 bits per heavy atom. The highest BCUT2D eigenvalue weighted by molar-refractivity contribution is 5.95. The minimum Gasteiger partial charge on any atom is -0.348 e. The standard InChI is InChI=1S/C16H26N4O.ClH/c1-20-11-14(15(19-20)12-6-3-2-4-7-12)16(21)18-13-8-5-9-17-10-13;/h11-13,17H,2-10H2,1H3,(H,18,21);1H/t13-;/m0./s1. The normalized spacial score (nSPS) is 22.9. The van der Waals surface area contributed by atoms with E-state index in [1.807, 2.05) is 13.2 Å². The highest BCUT2D eigenvalue weighted by Crippen LogP contribution is 2.33. The van der Waals surface area contributed by atoms with E-state index in [9.17, 15) is 4.79 Å². The summed E-state index contributed by atoms with van der Waals surface area (Å²) in [5, 5.41) is 11.1. The van der Waals surface area contributed by atoms with E-state index in [1.54, 1.807) is 4.68 Å².